The van der Waals surface area contributed by atoms with Crippen molar-refractivity contribution >= 4 is 5.97 Å². The molecule has 0 spiro atoms. The fraction of sp³-hybridized carbons (Fsp3) is 0.909. The Balaban J connectivity index is 1.98. The van der Waals surface area contributed by atoms with Gasteiger partial charge in [0.05, 0.1) is 11.0 Å². The van der Waals surface area contributed by atoms with E-state index in [-0.39, 0.29) is 0 Å². The smallest absolute Gasteiger partial charge is 0.309 e. The first-order valence-corrected chi connectivity index (χ1v) is 5.52. The van der Waals surface area contributed by atoms with E-state index in [2.05, 4.69) is 0 Å². The van der Waals surface area contributed by atoms with Gasteiger partial charge in [-0.15, -0.1) is 0 Å². The monoisotopic (exact) mass is 198 g/mol. The Labute approximate surface area is 84.1 Å². The molecule has 80 valence electrons. The Morgan fingerprint density at radius 3 is 2.07 bits per heavy atom. The number of aliphatic carboxylic acids is 1. The summed E-state index contributed by atoms with van der Waals surface area (Å²) in [6.45, 7) is 0. The minimum Gasteiger partial charge on any atom is -0.481 e. The maximum Gasteiger partial charge on any atom is 0.309 e. The molecule has 0 unspecified atom stereocenters. The number of hydrogen-bond donors (Lipinski definition) is 2. The van der Waals surface area contributed by atoms with Crippen LogP contribution < -0.4 is 0 Å². The van der Waals surface area contributed by atoms with E-state index in [1.165, 1.54) is 6.42 Å². The van der Waals surface area contributed by atoms with E-state index < -0.39 is 17.0 Å². The first-order valence-electron chi connectivity index (χ1n) is 5.52. The minimum absolute atomic E-state index is 0.481. The quantitative estimate of drug-likeness (QED) is 0.728. The molecule has 2 rings (SSSR count). The van der Waals surface area contributed by atoms with Crippen molar-refractivity contribution in [3.8, 4) is 0 Å². The standard InChI is InChI=1S/C11H18O3/c12-9(13)10(6-7-10)8-11(14)4-2-1-3-5-11/h14H,1-8H2,(H,12,13). The molecule has 0 aromatic rings. The van der Waals surface area contributed by atoms with Crippen molar-refractivity contribution in [2.24, 2.45) is 5.41 Å². The van der Waals surface area contributed by atoms with Gasteiger partial charge in [-0.05, 0) is 32.1 Å². The summed E-state index contributed by atoms with van der Waals surface area (Å²) in [7, 11) is 0. The molecule has 0 aromatic heterocycles. The molecule has 0 radical (unpaired) electrons. The second kappa shape index (κ2) is 3.23. The third-order valence-corrected chi connectivity index (χ3v) is 3.76. The second-order valence-corrected chi connectivity index (χ2v) is 5.05. The van der Waals surface area contributed by atoms with Crippen LogP contribution in [0.5, 0.6) is 0 Å². The first kappa shape index (κ1) is 9.97. The molecule has 2 fully saturated rings. The van der Waals surface area contributed by atoms with Crippen LogP contribution in [0.2, 0.25) is 0 Å². The lowest BCUT2D eigenvalue weighted by Gasteiger charge is -2.34. The predicted octanol–water partition coefficient (Wildman–Crippen LogP) is 1.94. The molecule has 0 amide bonds. The van der Waals surface area contributed by atoms with Crippen LogP contribution in [0.15, 0.2) is 0 Å². The van der Waals surface area contributed by atoms with Gasteiger partial charge in [-0.25, -0.2) is 0 Å². The van der Waals surface area contributed by atoms with E-state index in [0.717, 1.165) is 38.5 Å². The molecule has 3 nitrogen and oxygen atoms in total. The minimum atomic E-state index is -0.712. The van der Waals surface area contributed by atoms with Crippen molar-refractivity contribution in [1.29, 1.82) is 0 Å². The van der Waals surface area contributed by atoms with Gasteiger partial charge in [0.15, 0.2) is 0 Å². The summed E-state index contributed by atoms with van der Waals surface area (Å²) >= 11 is 0. The van der Waals surface area contributed by atoms with Gasteiger partial charge in [-0.2, -0.15) is 0 Å². The lowest BCUT2D eigenvalue weighted by Crippen LogP contribution is -2.36. The zero-order valence-electron chi connectivity index (χ0n) is 8.46. The molecule has 0 bridgehead atoms. The summed E-state index contributed by atoms with van der Waals surface area (Å²) in [5.74, 6) is -0.712. The van der Waals surface area contributed by atoms with Gasteiger partial charge in [0.2, 0.25) is 0 Å². The second-order valence-electron chi connectivity index (χ2n) is 5.05. The van der Waals surface area contributed by atoms with Crippen molar-refractivity contribution in [3.63, 3.8) is 0 Å². The molecule has 0 aromatic carbocycles. The molecule has 0 atom stereocenters. The Morgan fingerprint density at radius 2 is 1.64 bits per heavy atom. The maximum absolute atomic E-state index is 11.0. The van der Waals surface area contributed by atoms with E-state index in [1.54, 1.807) is 0 Å². The number of aliphatic hydroxyl groups is 1. The van der Waals surface area contributed by atoms with E-state index >= 15 is 0 Å². The van der Waals surface area contributed by atoms with E-state index in [9.17, 15) is 9.90 Å². The van der Waals surface area contributed by atoms with Crippen molar-refractivity contribution in [1.82, 2.24) is 0 Å². The number of carbonyl (C=O) groups is 1. The predicted molar refractivity (Wildman–Crippen MR) is 52.0 cm³/mol. The molecule has 2 N–H and O–H groups in total. The number of carboxylic acids is 1. The number of rotatable bonds is 3. The van der Waals surface area contributed by atoms with Crippen LogP contribution in [0.1, 0.15) is 51.4 Å². The van der Waals surface area contributed by atoms with Gasteiger partial charge in [0.25, 0.3) is 0 Å². The molecule has 0 heterocycles. The van der Waals surface area contributed by atoms with Crippen molar-refractivity contribution < 1.29 is 15.0 Å². The summed E-state index contributed by atoms with van der Waals surface area (Å²) in [6, 6.07) is 0. The van der Waals surface area contributed by atoms with E-state index in [1.807, 2.05) is 0 Å². The van der Waals surface area contributed by atoms with Gasteiger partial charge in [0.1, 0.15) is 0 Å². The van der Waals surface area contributed by atoms with Crippen LogP contribution in [0.25, 0.3) is 0 Å². The van der Waals surface area contributed by atoms with Crippen LogP contribution in [0.3, 0.4) is 0 Å². The molecule has 2 saturated carbocycles. The van der Waals surface area contributed by atoms with Crippen LogP contribution in [0.4, 0.5) is 0 Å². The molecule has 0 aliphatic heterocycles. The van der Waals surface area contributed by atoms with Crippen molar-refractivity contribution in [2.45, 2.75) is 57.0 Å². The summed E-state index contributed by atoms with van der Waals surface area (Å²) in [5.41, 5.74) is -1.24. The Morgan fingerprint density at radius 1 is 1.07 bits per heavy atom. The third-order valence-electron chi connectivity index (χ3n) is 3.76. The van der Waals surface area contributed by atoms with Crippen LogP contribution in [0, 0.1) is 5.41 Å². The summed E-state index contributed by atoms with van der Waals surface area (Å²) < 4.78 is 0. The van der Waals surface area contributed by atoms with E-state index in [4.69, 9.17) is 5.11 Å². The van der Waals surface area contributed by atoms with Crippen molar-refractivity contribution in [3.05, 3.63) is 0 Å². The number of hydrogen-bond acceptors (Lipinski definition) is 2. The molecule has 2 aliphatic carbocycles. The molecule has 3 heteroatoms. The average molecular weight is 198 g/mol. The Kier molecular flexibility index (Phi) is 2.30. The molecule has 0 saturated heterocycles. The summed E-state index contributed by atoms with van der Waals surface area (Å²) in [5, 5.41) is 19.3. The highest BCUT2D eigenvalue weighted by molar-refractivity contribution is 5.77. The highest BCUT2D eigenvalue weighted by atomic mass is 16.4. The topological polar surface area (TPSA) is 57.5 Å². The van der Waals surface area contributed by atoms with Crippen molar-refractivity contribution in [2.75, 3.05) is 0 Å². The SMILES string of the molecule is O=C(O)C1(CC2(O)CCCCC2)CC1. The van der Waals surface area contributed by atoms with Gasteiger partial charge in [-0.1, -0.05) is 19.3 Å². The van der Waals surface area contributed by atoms with Crippen LogP contribution >= 0.6 is 0 Å². The van der Waals surface area contributed by atoms with Gasteiger partial charge in [-0.3, -0.25) is 4.79 Å². The normalized spacial score (nSPS) is 28.4. The summed E-state index contributed by atoms with van der Waals surface area (Å²) in [6.07, 6.45) is 6.86. The molecular formula is C11H18O3. The van der Waals surface area contributed by atoms with Gasteiger partial charge < -0.3 is 10.2 Å². The first-order chi connectivity index (χ1) is 6.56. The Bertz CT molecular complexity index is 237. The summed E-state index contributed by atoms with van der Waals surface area (Å²) in [4.78, 5) is 11.0. The zero-order chi connectivity index (χ0) is 10.2. The number of carboxylic acid groups (broad SMARTS) is 1. The van der Waals surface area contributed by atoms with E-state index in [0.29, 0.717) is 6.42 Å². The zero-order valence-corrected chi connectivity index (χ0v) is 8.46. The fourth-order valence-corrected chi connectivity index (χ4v) is 2.63. The van der Waals surface area contributed by atoms with Gasteiger partial charge in [0, 0.05) is 0 Å². The van der Waals surface area contributed by atoms with Crippen LogP contribution in [-0.2, 0) is 4.79 Å². The fourth-order valence-electron chi connectivity index (χ4n) is 2.63. The highest BCUT2D eigenvalue weighted by Gasteiger charge is 2.54. The largest absolute Gasteiger partial charge is 0.481 e. The highest BCUT2D eigenvalue weighted by Crippen LogP contribution is 2.53. The third kappa shape index (κ3) is 1.78. The van der Waals surface area contributed by atoms with Crippen LogP contribution in [-0.4, -0.2) is 21.8 Å². The molecular weight excluding hydrogens is 180 g/mol. The lowest BCUT2D eigenvalue weighted by atomic mass is 9.77. The van der Waals surface area contributed by atoms with Gasteiger partial charge >= 0.3 is 5.97 Å². The average Bonchev–Trinajstić information content (AvgIpc) is 2.86. The lowest BCUT2D eigenvalue weighted by molar-refractivity contribution is -0.147. The molecule has 2 aliphatic rings. The Hall–Kier alpha value is -0.570. The maximum atomic E-state index is 11.0. The molecule has 14 heavy (non-hydrogen) atoms.